The van der Waals surface area contributed by atoms with Crippen molar-refractivity contribution in [3.63, 3.8) is 0 Å². The lowest BCUT2D eigenvalue weighted by Gasteiger charge is -2.32. The van der Waals surface area contributed by atoms with Crippen LogP contribution in [-0.2, 0) is 19.6 Å². The van der Waals surface area contributed by atoms with Crippen LogP contribution in [0.1, 0.15) is 56.3 Å². The molecule has 0 bridgehead atoms. The van der Waals surface area contributed by atoms with Crippen LogP contribution in [0, 0.1) is 0 Å². The maximum absolute atomic E-state index is 14.0. The molecule has 1 unspecified atom stereocenters. The monoisotopic (exact) mass is 548 g/mol. The molecule has 208 valence electrons. The first-order valence-electron chi connectivity index (χ1n) is 13.2. The predicted octanol–water partition coefficient (Wildman–Crippen LogP) is 3.90. The first-order valence-corrected chi connectivity index (χ1v) is 14.6. The van der Waals surface area contributed by atoms with Crippen LogP contribution < -0.4 is 19.7 Å². The van der Waals surface area contributed by atoms with Crippen LogP contribution in [0.4, 0.5) is 0 Å². The molecule has 2 fully saturated rings. The molecule has 11 heteroatoms. The molecule has 1 atom stereocenters. The molecule has 0 spiro atoms. The van der Waals surface area contributed by atoms with Gasteiger partial charge in [0.25, 0.3) is 5.91 Å². The number of rotatable bonds is 11. The van der Waals surface area contributed by atoms with E-state index in [1.165, 1.54) is 10.4 Å². The standard InChI is InChI=1S/C27H36N2O8S/c1-3-33-22-13-14-23(34-4-2)26(25(22)27(30)28-37-24-12-8-9-19-35-24)38(31,32)29-17-15-21(16-18-29)36-20-10-6-5-7-11-20/h5-7,10-11,13-14,21,24H,3-4,8-9,12,15-19H2,1-2H3,(H,28,30). The second-order valence-corrected chi connectivity index (χ2v) is 10.9. The van der Waals surface area contributed by atoms with Gasteiger partial charge in [0.1, 0.15) is 33.8 Å². The smallest absolute Gasteiger partial charge is 0.280 e. The predicted molar refractivity (Wildman–Crippen MR) is 140 cm³/mol. The summed E-state index contributed by atoms with van der Waals surface area (Å²) in [7, 11) is -4.15. The highest BCUT2D eigenvalue weighted by Gasteiger charge is 2.37. The van der Waals surface area contributed by atoms with Crippen molar-refractivity contribution in [3.05, 3.63) is 48.0 Å². The minimum atomic E-state index is -4.15. The molecule has 0 aliphatic carbocycles. The summed E-state index contributed by atoms with van der Waals surface area (Å²) in [5.41, 5.74) is 2.23. The van der Waals surface area contributed by atoms with E-state index < -0.39 is 22.2 Å². The van der Waals surface area contributed by atoms with Crippen molar-refractivity contribution in [3.8, 4) is 17.2 Å². The summed E-state index contributed by atoms with van der Waals surface area (Å²) in [6.07, 6.45) is 2.77. The molecule has 2 aromatic carbocycles. The zero-order chi connectivity index (χ0) is 27.0. The lowest BCUT2D eigenvalue weighted by atomic mass is 10.1. The van der Waals surface area contributed by atoms with E-state index in [0.29, 0.717) is 25.9 Å². The molecular formula is C27H36N2O8S. The Morgan fingerprint density at radius 1 is 0.974 bits per heavy atom. The SMILES string of the molecule is CCOc1ccc(OCC)c(S(=O)(=O)N2CCC(Oc3ccccc3)CC2)c1C(=O)NOC1CCCCO1. The molecule has 4 rings (SSSR count). The fourth-order valence-corrected chi connectivity index (χ4v) is 6.33. The number of amides is 1. The van der Waals surface area contributed by atoms with Gasteiger partial charge in [-0.05, 0) is 63.8 Å². The molecule has 2 heterocycles. The maximum Gasteiger partial charge on any atom is 0.280 e. The van der Waals surface area contributed by atoms with Crippen molar-refractivity contribution >= 4 is 15.9 Å². The van der Waals surface area contributed by atoms with Crippen LogP contribution in [-0.4, -0.2) is 63.9 Å². The zero-order valence-electron chi connectivity index (χ0n) is 21.9. The molecule has 38 heavy (non-hydrogen) atoms. The number of sulfonamides is 1. The van der Waals surface area contributed by atoms with E-state index in [-0.39, 0.29) is 54.4 Å². The second kappa shape index (κ2) is 13.3. The molecule has 2 aliphatic rings. The number of carbonyl (C=O) groups excluding carboxylic acids is 1. The molecule has 1 N–H and O–H groups in total. The van der Waals surface area contributed by atoms with Crippen molar-refractivity contribution in [1.82, 2.24) is 9.79 Å². The van der Waals surface area contributed by atoms with E-state index in [1.54, 1.807) is 19.9 Å². The highest BCUT2D eigenvalue weighted by Crippen LogP contribution is 2.37. The molecule has 0 aromatic heterocycles. The Kier molecular flexibility index (Phi) is 9.84. The van der Waals surface area contributed by atoms with Gasteiger partial charge in [0, 0.05) is 26.1 Å². The average molecular weight is 549 g/mol. The van der Waals surface area contributed by atoms with Crippen molar-refractivity contribution in [1.29, 1.82) is 0 Å². The number of hydrogen-bond donors (Lipinski definition) is 1. The largest absolute Gasteiger partial charge is 0.493 e. The second-order valence-electron chi connectivity index (χ2n) is 9.01. The van der Waals surface area contributed by atoms with Gasteiger partial charge in [-0.25, -0.2) is 18.7 Å². The Hall–Kier alpha value is -2.86. The van der Waals surface area contributed by atoms with E-state index in [0.717, 1.165) is 18.6 Å². The highest BCUT2D eigenvalue weighted by atomic mass is 32.2. The van der Waals surface area contributed by atoms with Crippen LogP contribution in [0.5, 0.6) is 17.2 Å². The number of benzene rings is 2. The highest BCUT2D eigenvalue weighted by molar-refractivity contribution is 7.89. The molecule has 2 aliphatic heterocycles. The van der Waals surface area contributed by atoms with Gasteiger partial charge >= 0.3 is 0 Å². The molecular weight excluding hydrogens is 512 g/mol. The Morgan fingerprint density at radius 3 is 2.32 bits per heavy atom. The number of carbonyl (C=O) groups is 1. The molecule has 0 saturated carbocycles. The first kappa shape index (κ1) is 28.2. The normalized spacial score (nSPS) is 19.1. The first-order chi connectivity index (χ1) is 18.4. The van der Waals surface area contributed by atoms with E-state index in [4.69, 9.17) is 23.8 Å². The summed E-state index contributed by atoms with van der Waals surface area (Å²) in [4.78, 5) is 18.7. The van der Waals surface area contributed by atoms with Gasteiger partial charge < -0.3 is 18.9 Å². The molecule has 2 aromatic rings. The number of nitrogens with one attached hydrogen (secondary N) is 1. The van der Waals surface area contributed by atoms with Crippen molar-refractivity contribution in [2.24, 2.45) is 0 Å². The van der Waals surface area contributed by atoms with Crippen LogP contribution in [0.25, 0.3) is 0 Å². The van der Waals surface area contributed by atoms with Crippen molar-refractivity contribution in [2.75, 3.05) is 32.9 Å². The van der Waals surface area contributed by atoms with Gasteiger partial charge in [0.2, 0.25) is 10.0 Å². The van der Waals surface area contributed by atoms with Crippen molar-refractivity contribution in [2.45, 2.75) is 63.2 Å². The quantitative estimate of drug-likeness (QED) is 0.421. The molecule has 1 amide bonds. The van der Waals surface area contributed by atoms with Gasteiger partial charge in [0.15, 0.2) is 6.29 Å². The number of ether oxygens (including phenoxy) is 4. The summed E-state index contributed by atoms with van der Waals surface area (Å²) in [5.74, 6) is 0.211. The molecule has 2 saturated heterocycles. The van der Waals surface area contributed by atoms with Crippen LogP contribution >= 0.6 is 0 Å². The molecule has 10 nitrogen and oxygen atoms in total. The van der Waals surface area contributed by atoms with Crippen LogP contribution in [0.15, 0.2) is 47.4 Å². The Labute approximate surface area is 224 Å². The zero-order valence-corrected chi connectivity index (χ0v) is 22.7. The van der Waals surface area contributed by atoms with E-state index in [9.17, 15) is 13.2 Å². The summed E-state index contributed by atoms with van der Waals surface area (Å²) in [5, 5.41) is 0. The Bertz CT molecular complexity index is 1160. The van der Waals surface area contributed by atoms with Gasteiger partial charge in [-0.1, -0.05) is 18.2 Å². The molecule has 0 radical (unpaired) electrons. The van der Waals surface area contributed by atoms with E-state index in [2.05, 4.69) is 5.48 Å². The summed E-state index contributed by atoms with van der Waals surface area (Å²) >= 11 is 0. The Morgan fingerprint density at radius 2 is 1.66 bits per heavy atom. The van der Waals surface area contributed by atoms with E-state index in [1.807, 2.05) is 30.3 Å². The lowest BCUT2D eigenvalue weighted by molar-refractivity contribution is -0.186. The third kappa shape index (κ3) is 6.76. The fourth-order valence-electron chi connectivity index (χ4n) is 4.55. The average Bonchev–Trinajstić information content (AvgIpc) is 2.94. The lowest BCUT2D eigenvalue weighted by Crippen LogP contribution is -2.42. The van der Waals surface area contributed by atoms with Gasteiger partial charge in [-0.2, -0.15) is 4.31 Å². The third-order valence-corrected chi connectivity index (χ3v) is 8.34. The third-order valence-electron chi connectivity index (χ3n) is 6.38. The minimum absolute atomic E-state index is 0.0812. The Balaban J connectivity index is 1.59. The van der Waals surface area contributed by atoms with Crippen LogP contribution in [0.2, 0.25) is 0 Å². The maximum atomic E-state index is 14.0. The summed E-state index contributed by atoms with van der Waals surface area (Å²) < 4.78 is 52.4. The summed E-state index contributed by atoms with van der Waals surface area (Å²) in [6.45, 7) is 4.97. The van der Waals surface area contributed by atoms with Gasteiger partial charge in [0.05, 0.1) is 13.2 Å². The van der Waals surface area contributed by atoms with Gasteiger partial charge in [-0.15, -0.1) is 0 Å². The number of para-hydroxylation sites is 1. The number of hydroxylamine groups is 1. The summed E-state index contributed by atoms with van der Waals surface area (Å²) in [6, 6.07) is 12.5. The topological polar surface area (TPSA) is 113 Å². The van der Waals surface area contributed by atoms with Crippen LogP contribution in [0.3, 0.4) is 0 Å². The van der Waals surface area contributed by atoms with E-state index >= 15 is 0 Å². The number of nitrogens with zero attached hydrogens (tertiary/aromatic N) is 1. The minimum Gasteiger partial charge on any atom is -0.493 e. The number of hydrogen-bond acceptors (Lipinski definition) is 8. The van der Waals surface area contributed by atoms with Crippen molar-refractivity contribution < 1.29 is 37.0 Å². The van der Waals surface area contributed by atoms with Gasteiger partial charge in [-0.3, -0.25) is 4.79 Å². The number of piperidine rings is 1. The fraction of sp³-hybridized carbons (Fsp3) is 0.519.